The molecule has 1 N–H and O–H groups in total. The Labute approximate surface area is 122 Å². The van der Waals surface area contributed by atoms with E-state index in [2.05, 4.69) is 55.6 Å². The lowest BCUT2D eigenvalue weighted by molar-refractivity contribution is 0.434. The molecule has 0 aliphatic carbocycles. The minimum atomic E-state index is 0.135. The van der Waals surface area contributed by atoms with Crippen molar-refractivity contribution in [3.8, 4) is 0 Å². The number of furan rings is 1. The Balaban J connectivity index is 2.14. The molecule has 20 heavy (non-hydrogen) atoms. The topological polar surface area (TPSA) is 25.2 Å². The van der Waals surface area contributed by atoms with E-state index in [0.717, 1.165) is 17.9 Å². The number of hydrogen-bond acceptors (Lipinski definition) is 2. The van der Waals surface area contributed by atoms with E-state index in [1.54, 1.807) is 0 Å². The van der Waals surface area contributed by atoms with Gasteiger partial charge in [-0.15, -0.1) is 0 Å². The van der Waals surface area contributed by atoms with Crippen LogP contribution in [-0.2, 0) is 12.8 Å². The molecule has 1 unspecified atom stereocenters. The summed E-state index contributed by atoms with van der Waals surface area (Å²) in [4.78, 5) is 0. The molecule has 0 bridgehead atoms. The normalized spacial score (nSPS) is 12.6. The molecule has 2 rings (SSSR count). The summed E-state index contributed by atoms with van der Waals surface area (Å²) in [5.41, 5.74) is 2.67. The van der Waals surface area contributed by atoms with Crippen molar-refractivity contribution in [2.75, 3.05) is 7.05 Å². The van der Waals surface area contributed by atoms with Gasteiger partial charge in [-0.25, -0.2) is 0 Å². The van der Waals surface area contributed by atoms with Gasteiger partial charge in [-0.1, -0.05) is 44.5 Å². The van der Waals surface area contributed by atoms with Crippen LogP contribution in [0.4, 0.5) is 0 Å². The summed E-state index contributed by atoms with van der Waals surface area (Å²) >= 11 is 0. The van der Waals surface area contributed by atoms with Crippen LogP contribution in [0.3, 0.4) is 0 Å². The fourth-order valence-corrected chi connectivity index (χ4v) is 2.47. The summed E-state index contributed by atoms with van der Waals surface area (Å²) in [6, 6.07) is 13.2. The van der Waals surface area contributed by atoms with Crippen molar-refractivity contribution < 1.29 is 4.42 Å². The molecule has 0 aliphatic heterocycles. The van der Waals surface area contributed by atoms with Crippen LogP contribution in [-0.4, -0.2) is 7.05 Å². The second kappa shape index (κ2) is 7.30. The molecule has 0 saturated heterocycles. The van der Waals surface area contributed by atoms with E-state index < -0.39 is 0 Å². The summed E-state index contributed by atoms with van der Waals surface area (Å²) in [7, 11) is 1.98. The minimum Gasteiger partial charge on any atom is -0.464 e. The Hall–Kier alpha value is -1.54. The molecule has 2 aromatic rings. The molecule has 1 aromatic carbocycles. The van der Waals surface area contributed by atoms with Crippen molar-refractivity contribution in [2.24, 2.45) is 0 Å². The molecule has 2 heteroatoms. The van der Waals surface area contributed by atoms with Crippen molar-refractivity contribution in [1.82, 2.24) is 5.32 Å². The van der Waals surface area contributed by atoms with E-state index in [0.29, 0.717) is 0 Å². The number of benzene rings is 1. The third-order valence-electron chi connectivity index (χ3n) is 3.74. The average molecular weight is 271 g/mol. The molecule has 1 atom stereocenters. The van der Waals surface area contributed by atoms with Crippen molar-refractivity contribution in [3.05, 3.63) is 59.0 Å². The molecule has 0 spiro atoms. The zero-order valence-corrected chi connectivity index (χ0v) is 12.8. The molecule has 0 saturated carbocycles. The SMILES string of the molecule is CCCCc1ccc(C(NC)c2ccc(CC)o2)cc1. The van der Waals surface area contributed by atoms with Gasteiger partial charge in [-0.2, -0.15) is 0 Å². The maximum atomic E-state index is 5.87. The predicted molar refractivity (Wildman–Crippen MR) is 84.0 cm³/mol. The van der Waals surface area contributed by atoms with Crippen molar-refractivity contribution >= 4 is 0 Å². The number of nitrogens with one attached hydrogen (secondary N) is 1. The van der Waals surface area contributed by atoms with Crippen LogP contribution in [0.2, 0.25) is 0 Å². The van der Waals surface area contributed by atoms with Gasteiger partial charge in [-0.05, 0) is 43.1 Å². The Morgan fingerprint density at radius 1 is 1.05 bits per heavy atom. The van der Waals surface area contributed by atoms with E-state index >= 15 is 0 Å². The second-order valence-electron chi connectivity index (χ2n) is 5.22. The first-order chi connectivity index (χ1) is 9.78. The second-order valence-corrected chi connectivity index (χ2v) is 5.22. The summed E-state index contributed by atoms with van der Waals surface area (Å²) in [5, 5.41) is 3.34. The molecule has 0 fully saturated rings. The molecular formula is C18H25NO. The molecule has 2 nitrogen and oxygen atoms in total. The molecule has 0 amide bonds. The highest BCUT2D eigenvalue weighted by atomic mass is 16.3. The summed E-state index contributed by atoms with van der Waals surface area (Å²) < 4.78 is 5.87. The van der Waals surface area contributed by atoms with E-state index in [1.165, 1.54) is 30.4 Å². The van der Waals surface area contributed by atoms with Crippen molar-refractivity contribution in [2.45, 2.75) is 45.6 Å². The molecule has 108 valence electrons. The van der Waals surface area contributed by atoms with Crippen molar-refractivity contribution in [1.29, 1.82) is 0 Å². The van der Waals surface area contributed by atoms with Gasteiger partial charge in [-0.3, -0.25) is 0 Å². The highest BCUT2D eigenvalue weighted by Gasteiger charge is 2.15. The van der Waals surface area contributed by atoms with Crippen LogP contribution in [0, 0.1) is 0 Å². The standard InChI is InChI=1S/C18H25NO/c1-4-6-7-14-8-10-15(11-9-14)18(19-3)17-13-12-16(5-2)20-17/h8-13,18-19H,4-7H2,1-3H3. The van der Waals surface area contributed by atoms with Gasteiger partial charge in [0.1, 0.15) is 11.5 Å². The van der Waals surface area contributed by atoms with Crippen LogP contribution >= 0.6 is 0 Å². The van der Waals surface area contributed by atoms with Gasteiger partial charge in [0, 0.05) is 6.42 Å². The Morgan fingerprint density at radius 2 is 1.80 bits per heavy atom. The Kier molecular flexibility index (Phi) is 5.42. The smallest absolute Gasteiger partial charge is 0.125 e. The summed E-state index contributed by atoms with van der Waals surface area (Å²) in [6.45, 7) is 4.34. The molecule has 1 heterocycles. The zero-order chi connectivity index (χ0) is 14.4. The lowest BCUT2D eigenvalue weighted by atomic mass is 10.0. The van der Waals surface area contributed by atoms with Gasteiger partial charge in [0.15, 0.2) is 0 Å². The summed E-state index contributed by atoms with van der Waals surface area (Å²) in [5.74, 6) is 2.03. The third-order valence-corrected chi connectivity index (χ3v) is 3.74. The van der Waals surface area contributed by atoms with Crippen LogP contribution in [0.1, 0.15) is 55.4 Å². The maximum Gasteiger partial charge on any atom is 0.125 e. The van der Waals surface area contributed by atoms with Crippen molar-refractivity contribution in [3.63, 3.8) is 0 Å². The van der Waals surface area contributed by atoms with E-state index in [1.807, 2.05) is 7.05 Å². The molecule has 0 aliphatic rings. The predicted octanol–water partition coefficient (Wildman–Crippen LogP) is 4.49. The quantitative estimate of drug-likeness (QED) is 0.802. The van der Waals surface area contributed by atoms with Gasteiger partial charge in [0.05, 0.1) is 6.04 Å². The monoisotopic (exact) mass is 271 g/mol. The average Bonchev–Trinajstić information content (AvgIpc) is 2.96. The number of rotatable bonds is 7. The number of unbranched alkanes of at least 4 members (excludes halogenated alkanes) is 1. The number of aryl methyl sites for hydroxylation is 2. The Bertz CT molecular complexity index is 512. The molecule has 0 radical (unpaired) electrons. The van der Waals surface area contributed by atoms with Gasteiger partial charge >= 0.3 is 0 Å². The highest BCUT2D eigenvalue weighted by molar-refractivity contribution is 5.30. The van der Waals surface area contributed by atoms with Crippen LogP contribution in [0.15, 0.2) is 40.8 Å². The van der Waals surface area contributed by atoms with Gasteiger partial charge in [0.2, 0.25) is 0 Å². The largest absolute Gasteiger partial charge is 0.464 e. The van der Waals surface area contributed by atoms with Crippen LogP contribution in [0.5, 0.6) is 0 Å². The molecule has 1 aromatic heterocycles. The Morgan fingerprint density at radius 3 is 2.35 bits per heavy atom. The van der Waals surface area contributed by atoms with Crippen LogP contribution < -0.4 is 5.32 Å². The summed E-state index contributed by atoms with van der Waals surface area (Å²) in [6.07, 6.45) is 4.61. The lowest BCUT2D eigenvalue weighted by Crippen LogP contribution is -2.16. The van der Waals surface area contributed by atoms with E-state index in [-0.39, 0.29) is 6.04 Å². The number of hydrogen-bond donors (Lipinski definition) is 1. The molecular weight excluding hydrogens is 246 g/mol. The van der Waals surface area contributed by atoms with E-state index in [4.69, 9.17) is 4.42 Å². The zero-order valence-electron chi connectivity index (χ0n) is 12.8. The third kappa shape index (κ3) is 3.51. The maximum absolute atomic E-state index is 5.87. The van der Waals surface area contributed by atoms with Gasteiger partial charge < -0.3 is 9.73 Å². The highest BCUT2D eigenvalue weighted by Crippen LogP contribution is 2.24. The fraction of sp³-hybridized carbons (Fsp3) is 0.444. The fourth-order valence-electron chi connectivity index (χ4n) is 2.47. The van der Waals surface area contributed by atoms with Gasteiger partial charge in [0.25, 0.3) is 0 Å². The first kappa shape index (κ1) is 14.9. The van der Waals surface area contributed by atoms with Crippen LogP contribution in [0.25, 0.3) is 0 Å². The minimum absolute atomic E-state index is 0.135. The van der Waals surface area contributed by atoms with E-state index in [9.17, 15) is 0 Å². The first-order valence-corrected chi connectivity index (χ1v) is 7.63. The lowest BCUT2D eigenvalue weighted by Gasteiger charge is -2.14. The first-order valence-electron chi connectivity index (χ1n) is 7.63.